The third-order valence-corrected chi connectivity index (χ3v) is 6.57. The van der Waals surface area contributed by atoms with Gasteiger partial charge >= 0.3 is 0 Å². The first-order valence-corrected chi connectivity index (χ1v) is 10.8. The Hall–Kier alpha value is -1.54. The van der Waals surface area contributed by atoms with Crippen LogP contribution in [0.1, 0.15) is 30.5 Å². The van der Waals surface area contributed by atoms with E-state index >= 15 is 0 Å². The quantitative estimate of drug-likeness (QED) is 0.612. The Morgan fingerprint density at radius 1 is 1.19 bits per heavy atom. The molecule has 2 aromatic rings. The fourth-order valence-corrected chi connectivity index (χ4v) is 4.98. The van der Waals surface area contributed by atoms with Gasteiger partial charge in [-0.05, 0) is 37.6 Å². The second-order valence-corrected chi connectivity index (χ2v) is 9.04. The molecule has 7 heteroatoms. The molecule has 134 valence electrons. The number of thioether (sulfide) groups is 1. The van der Waals surface area contributed by atoms with E-state index in [4.69, 9.17) is 12.2 Å². The molecule has 2 fully saturated rings. The summed E-state index contributed by atoms with van der Waals surface area (Å²) in [5.41, 5.74) is 3.26. The molecular weight excluding hydrogens is 382 g/mol. The molecule has 1 amide bonds. The van der Waals surface area contributed by atoms with Crippen LogP contribution in [0.25, 0.3) is 16.6 Å². The lowest BCUT2D eigenvalue weighted by Crippen LogP contribution is -2.28. The fraction of sp³-hybridized carbons (Fsp3) is 0.316. The summed E-state index contributed by atoms with van der Waals surface area (Å²) in [6, 6.07) is 8.67. The lowest BCUT2D eigenvalue weighted by molar-refractivity contribution is -0.115. The molecule has 26 heavy (non-hydrogen) atoms. The summed E-state index contributed by atoms with van der Waals surface area (Å²) < 4.78 is 0.501. The first kappa shape index (κ1) is 17.9. The number of carbonyl (C=O) groups excluding carboxylic acids is 1. The molecule has 0 aliphatic carbocycles. The van der Waals surface area contributed by atoms with Crippen LogP contribution in [0.3, 0.4) is 0 Å². The van der Waals surface area contributed by atoms with Gasteiger partial charge in [-0.15, -0.1) is 11.3 Å². The highest BCUT2D eigenvalue weighted by Crippen LogP contribution is 2.29. The highest BCUT2D eigenvalue weighted by atomic mass is 32.2. The molecular formula is C19H19N3OS3. The SMILES string of the molecule is O=C1NC(=S)S/C1=C\c1csc(-c2ccc(CN3CCCCC3)cc2)n1. The van der Waals surface area contributed by atoms with Gasteiger partial charge in [-0.2, -0.15) is 0 Å². The number of likely N-dealkylation sites (tertiary alicyclic amines) is 1. The summed E-state index contributed by atoms with van der Waals surface area (Å²) in [4.78, 5) is 19.5. The number of benzene rings is 1. The molecule has 0 unspecified atom stereocenters. The Morgan fingerprint density at radius 3 is 2.65 bits per heavy atom. The number of rotatable bonds is 4. The highest BCUT2D eigenvalue weighted by molar-refractivity contribution is 8.26. The Kier molecular flexibility index (Phi) is 5.49. The van der Waals surface area contributed by atoms with Crippen molar-refractivity contribution in [3.63, 3.8) is 0 Å². The number of nitrogens with one attached hydrogen (secondary N) is 1. The number of thiazole rings is 1. The van der Waals surface area contributed by atoms with E-state index in [0.29, 0.717) is 9.23 Å². The first-order valence-electron chi connectivity index (χ1n) is 8.69. The minimum Gasteiger partial charge on any atom is -0.307 e. The second kappa shape index (κ2) is 8.00. The topological polar surface area (TPSA) is 45.2 Å². The monoisotopic (exact) mass is 401 g/mol. The highest BCUT2D eigenvalue weighted by Gasteiger charge is 2.22. The zero-order valence-corrected chi connectivity index (χ0v) is 16.7. The van der Waals surface area contributed by atoms with Crippen LogP contribution in [0.15, 0.2) is 34.6 Å². The third kappa shape index (κ3) is 4.23. The van der Waals surface area contributed by atoms with Gasteiger partial charge in [-0.3, -0.25) is 9.69 Å². The number of carbonyl (C=O) groups is 1. The summed E-state index contributed by atoms with van der Waals surface area (Å²) in [6.45, 7) is 3.45. The van der Waals surface area contributed by atoms with E-state index in [9.17, 15) is 4.79 Å². The van der Waals surface area contributed by atoms with Crippen molar-refractivity contribution in [2.45, 2.75) is 25.8 Å². The third-order valence-electron chi connectivity index (χ3n) is 4.50. The molecule has 1 N–H and O–H groups in total. The van der Waals surface area contributed by atoms with Crippen LogP contribution >= 0.6 is 35.3 Å². The van der Waals surface area contributed by atoms with Gasteiger partial charge in [0.15, 0.2) is 0 Å². The number of hydrogen-bond acceptors (Lipinski definition) is 6. The molecule has 0 spiro atoms. The molecule has 3 heterocycles. The molecule has 2 aliphatic rings. The van der Waals surface area contributed by atoms with Crippen LogP contribution in [0.4, 0.5) is 0 Å². The van der Waals surface area contributed by atoms with Crippen molar-refractivity contribution in [1.29, 1.82) is 0 Å². The average Bonchev–Trinajstić information content (AvgIpc) is 3.23. The summed E-state index contributed by atoms with van der Waals surface area (Å²) in [5, 5.41) is 5.56. The largest absolute Gasteiger partial charge is 0.307 e. The van der Waals surface area contributed by atoms with Gasteiger partial charge < -0.3 is 5.32 Å². The minimum absolute atomic E-state index is 0.142. The summed E-state index contributed by atoms with van der Waals surface area (Å²) in [7, 11) is 0. The molecule has 1 aromatic carbocycles. The number of aromatic nitrogens is 1. The molecule has 2 saturated heterocycles. The second-order valence-electron chi connectivity index (χ2n) is 6.46. The van der Waals surface area contributed by atoms with Crippen molar-refractivity contribution < 1.29 is 4.79 Å². The molecule has 0 bridgehead atoms. The number of thiocarbonyl (C=S) groups is 1. The van der Waals surface area contributed by atoms with Gasteiger partial charge in [0.25, 0.3) is 5.91 Å². The predicted octanol–water partition coefficient (Wildman–Crippen LogP) is 4.28. The van der Waals surface area contributed by atoms with Crippen LogP contribution in [0.5, 0.6) is 0 Å². The van der Waals surface area contributed by atoms with Gasteiger partial charge in [-0.1, -0.05) is 54.7 Å². The molecule has 1 aromatic heterocycles. The zero-order valence-electron chi connectivity index (χ0n) is 14.2. The zero-order chi connectivity index (χ0) is 17.9. The number of amides is 1. The van der Waals surface area contributed by atoms with E-state index in [0.717, 1.165) is 22.8 Å². The smallest absolute Gasteiger partial charge is 0.263 e. The van der Waals surface area contributed by atoms with Crippen molar-refractivity contribution in [3.05, 3.63) is 45.8 Å². The maximum atomic E-state index is 11.8. The van der Waals surface area contributed by atoms with E-state index in [1.807, 2.05) is 5.38 Å². The Balaban J connectivity index is 1.45. The van der Waals surface area contributed by atoms with Gasteiger partial charge in [-0.25, -0.2) is 4.98 Å². The Labute approximate surface area is 166 Å². The molecule has 4 rings (SSSR count). The summed E-state index contributed by atoms with van der Waals surface area (Å²) in [6.07, 6.45) is 5.79. The van der Waals surface area contributed by atoms with Crippen molar-refractivity contribution in [2.24, 2.45) is 0 Å². The van der Waals surface area contributed by atoms with Gasteiger partial charge in [0.1, 0.15) is 9.33 Å². The Morgan fingerprint density at radius 2 is 1.96 bits per heavy atom. The van der Waals surface area contributed by atoms with Crippen LogP contribution < -0.4 is 5.32 Å². The fourth-order valence-electron chi connectivity index (χ4n) is 3.17. The maximum absolute atomic E-state index is 11.8. The van der Waals surface area contributed by atoms with Crippen molar-refractivity contribution in [3.8, 4) is 10.6 Å². The molecule has 4 nitrogen and oxygen atoms in total. The van der Waals surface area contributed by atoms with E-state index in [2.05, 4.69) is 39.5 Å². The van der Waals surface area contributed by atoms with Crippen molar-refractivity contribution in [1.82, 2.24) is 15.2 Å². The number of nitrogens with zero attached hydrogens (tertiary/aromatic N) is 2. The van der Waals surface area contributed by atoms with Crippen LogP contribution in [0.2, 0.25) is 0 Å². The normalized spacial score (nSPS) is 19.9. The molecule has 0 saturated carbocycles. The average molecular weight is 402 g/mol. The van der Waals surface area contributed by atoms with E-state index in [1.54, 1.807) is 17.4 Å². The van der Waals surface area contributed by atoms with E-state index in [1.165, 1.54) is 49.7 Å². The summed E-state index contributed by atoms with van der Waals surface area (Å²) in [5.74, 6) is -0.142. The summed E-state index contributed by atoms with van der Waals surface area (Å²) >= 11 is 7.88. The molecule has 0 radical (unpaired) electrons. The van der Waals surface area contributed by atoms with Gasteiger partial charge in [0.05, 0.1) is 10.6 Å². The first-order chi connectivity index (χ1) is 12.7. The van der Waals surface area contributed by atoms with Crippen molar-refractivity contribution in [2.75, 3.05) is 13.1 Å². The van der Waals surface area contributed by atoms with Gasteiger partial charge in [0.2, 0.25) is 0 Å². The van der Waals surface area contributed by atoms with Gasteiger partial charge in [0, 0.05) is 17.5 Å². The van der Waals surface area contributed by atoms with Crippen LogP contribution in [-0.4, -0.2) is 33.2 Å². The van der Waals surface area contributed by atoms with Crippen LogP contribution in [0, 0.1) is 0 Å². The predicted molar refractivity (Wildman–Crippen MR) is 113 cm³/mol. The number of piperidine rings is 1. The van der Waals surface area contributed by atoms with Crippen LogP contribution in [-0.2, 0) is 11.3 Å². The maximum Gasteiger partial charge on any atom is 0.263 e. The van der Waals surface area contributed by atoms with E-state index in [-0.39, 0.29) is 5.91 Å². The standard InChI is InChI=1S/C19H19N3OS3/c23-17-16(26-19(24)21-17)10-15-12-25-18(20-15)14-6-4-13(5-7-14)11-22-8-2-1-3-9-22/h4-7,10,12H,1-3,8-9,11H2,(H,21,23,24)/b16-10-. The lowest BCUT2D eigenvalue weighted by atomic mass is 10.1. The minimum atomic E-state index is -0.142. The lowest BCUT2D eigenvalue weighted by Gasteiger charge is -2.26. The molecule has 0 atom stereocenters. The number of hydrogen-bond donors (Lipinski definition) is 1. The Bertz CT molecular complexity index is 851. The molecule has 2 aliphatic heterocycles. The van der Waals surface area contributed by atoms with E-state index < -0.39 is 0 Å². The van der Waals surface area contributed by atoms with Crippen molar-refractivity contribution >= 4 is 51.6 Å².